The maximum Gasteiger partial charge on any atom is 0.232 e. The minimum absolute atomic E-state index is 0.0340. The molecule has 29 heavy (non-hydrogen) atoms. The summed E-state index contributed by atoms with van der Waals surface area (Å²) in [4.78, 5) is 14.6. The van der Waals surface area contributed by atoms with E-state index in [-0.39, 0.29) is 12.5 Å². The summed E-state index contributed by atoms with van der Waals surface area (Å²) >= 11 is 6.14. The summed E-state index contributed by atoms with van der Waals surface area (Å²) < 4.78 is 25.8. The number of hydrogen-bond acceptors (Lipinski definition) is 4. The molecule has 1 fully saturated rings. The Balaban J connectivity index is 1.74. The summed E-state index contributed by atoms with van der Waals surface area (Å²) in [5, 5.41) is 3.48. The maximum atomic E-state index is 12.2. The molecule has 1 atom stereocenters. The zero-order chi connectivity index (χ0) is 21.4. The van der Waals surface area contributed by atoms with Gasteiger partial charge in [0.25, 0.3) is 0 Å². The number of hydrogen-bond donors (Lipinski definition) is 1. The van der Waals surface area contributed by atoms with Crippen LogP contribution in [0.3, 0.4) is 0 Å². The molecule has 0 spiro atoms. The summed E-state index contributed by atoms with van der Waals surface area (Å²) in [6.45, 7) is 8.32. The van der Waals surface area contributed by atoms with E-state index in [2.05, 4.69) is 17.1 Å². The minimum atomic E-state index is -3.46. The van der Waals surface area contributed by atoms with Crippen molar-refractivity contribution in [3.8, 4) is 0 Å². The minimum Gasteiger partial charge on any atom is -0.356 e. The van der Waals surface area contributed by atoms with Gasteiger partial charge < -0.3 is 10.2 Å². The van der Waals surface area contributed by atoms with Crippen molar-refractivity contribution in [1.82, 2.24) is 10.2 Å². The monoisotopic (exact) mass is 443 g/mol. The number of nitrogens with one attached hydrogen (secondary N) is 1. The van der Waals surface area contributed by atoms with Gasteiger partial charge in [-0.2, -0.15) is 0 Å². The molecule has 1 N–H and O–H groups in total. The van der Waals surface area contributed by atoms with Gasteiger partial charge in [0.05, 0.1) is 11.9 Å². The van der Waals surface area contributed by atoms with E-state index in [0.29, 0.717) is 30.1 Å². The van der Waals surface area contributed by atoms with Gasteiger partial charge in [0.2, 0.25) is 15.9 Å². The largest absolute Gasteiger partial charge is 0.356 e. The van der Waals surface area contributed by atoms with Crippen LogP contribution in [0.25, 0.3) is 0 Å². The Labute approximate surface area is 180 Å². The van der Waals surface area contributed by atoms with E-state index in [1.54, 1.807) is 25.1 Å². The molecule has 1 heterocycles. The van der Waals surface area contributed by atoms with Gasteiger partial charge in [0.15, 0.2) is 0 Å². The molecule has 0 radical (unpaired) electrons. The third kappa shape index (κ3) is 7.79. The molecule has 1 aromatic carbocycles. The Morgan fingerprint density at radius 1 is 1.34 bits per heavy atom. The van der Waals surface area contributed by atoms with Gasteiger partial charge in [-0.25, -0.2) is 8.42 Å². The molecule has 0 aliphatic carbocycles. The van der Waals surface area contributed by atoms with Crippen LogP contribution in [-0.4, -0.2) is 58.2 Å². The third-order valence-corrected chi connectivity index (χ3v) is 6.98. The van der Waals surface area contributed by atoms with Crippen LogP contribution in [0, 0.1) is 12.8 Å². The number of rotatable bonds is 10. The summed E-state index contributed by atoms with van der Waals surface area (Å²) in [7, 11) is -3.46. The van der Waals surface area contributed by atoms with Crippen LogP contribution in [0.5, 0.6) is 0 Å². The molecule has 1 aliphatic rings. The molecule has 1 unspecified atom stereocenters. The fourth-order valence-corrected chi connectivity index (χ4v) is 5.01. The smallest absolute Gasteiger partial charge is 0.232 e. The fourth-order valence-electron chi connectivity index (χ4n) is 3.82. The van der Waals surface area contributed by atoms with Gasteiger partial charge in [0.1, 0.15) is 0 Å². The van der Waals surface area contributed by atoms with Gasteiger partial charge in [-0.1, -0.05) is 24.6 Å². The lowest BCUT2D eigenvalue weighted by Gasteiger charge is -2.30. The van der Waals surface area contributed by atoms with E-state index in [4.69, 9.17) is 11.6 Å². The first-order chi connectivity index (χ1) is 13.7. The van der Waals surface area contributed by atoms with Gasteiger partial charge >= 0.3 is 0 Å². The Morgan fingerprint density at radius 2 is 2.10 bits per heavy atom. The number of likely N-dealkylation sites (tertiary alicyclic amines) is 1. The average Bonchev–Trinajstić information content (AvgIpc) is 2.64. The Kier molecular flexibility index (Phi) is 9.24. The van der Waals surface area contributed by atoms with Gasteiger partial charge in [-0.15, -0.1) is 0 Å². The first kappa shape index (κ1) is 24.0. The molecule has 164 valence electrons. The van der Waals surface area contributed by atoms with Crippen LogP contribution in [-0.2, 0) is 14.8 Å². The number of piperidine rings is 1. The van der Waals surface area contributed by atoms with Crippen molar-refractivity contribution >= 4 is 33.2 Å². The lowest BCUT2D eigenvalue weighted by Crippen LogP contribution is -2.36. The number of sulfonamides is 1. The van der Waals surface area contributed by atoms with Crippen molar-refractivity contribution in [3.05, 3.63) is 28.8 Å². The molecule has 8 heteroatoms. The molecule has 6 nitrogen and oxygen atoms in total. The fraction of sp³-hybridized carbons (Fsp3) is 0.667. The normalized spacial score (nSPS) is 17.9. The van der Waals surface area contributed by atoms with Gasteiger partial charge in [-0.05, 0) is 69.3 Å². The number of nitrogens with zero attached hydrogens (tertiary/aromatic N) is 2. The van der Waals surface area contributed by atoms with Crippen LogP contribution < -0.4 is 9.62 Å². The van der Waals surface area contributed by atoms with Crippen molar-refractivity contribution < 1.29 is 13.2 Å². The molecule has 0 aromatic heterocycles. The highest BCUT2D eigenvalue weighted by Crippen LogP contribution is 2.28. The molecular formula is C21H34ClN3O3S. The Morgan fingerprint density at radius 3 is 2.79 bits per heavy atom. The van der Waals surface area contributed by atoms with Crippen LogP contribution in [0.4, 0.5) is 5.69 Å². The van der Waals surface area contributed by atoms with Crippen molar-refractivity contribution in [3.63, 3.8) is 0 Å². The third-order valence-electron chi connectivity index (χ3n) is 5.39. The second-order valence-corrected chi connectivity index (χ2v) is 10.4. The van der Waals surface area contributed by atoms with Crippen molar-refractivity contribution in [2.75, 3.05) is 43.3 Å². The molecule has 1 amide bonds. The number of halogens is 1. The number of carbonyl (C=O) groups is 1. The first-order valence-electron chi connectivity index (χ1n) is 10.4. The second-order valence-electron chi connectivity index (χ2n) is 8.07. The molecule has 0 saturated carbocycles. The summed E-state index contributed by atoms with van der Waals surface area (Å²) in [6.07, 6.45) is 5.44. The summed E-state index contributed by atoms with van der Waals surface area (Å²) in [5.74, 6) is 0.729. The highest BCUT2D eigenvalue weighted by Gasteiger charge is 2.20. The van der Waals surface area contributed by atoms with Gasteiger partial charge in [0, 0.05) is 31.1 Å². The van der Waals surface area contributed by atoms with Crippen LogP contribution >= 0.6 is 11.6 Å². The molecule has 1 aromatic rings. The van der Waals surface area contributed by atoms with E-state index < -0.39 is 10.0 Å². The van der Waals surface area contributed by atoms with Crippen molar-refractivity contribution in [2.45, 2.75) is 46.0 Å². The standard InChI is InChI=1S/C21H34ClN3O3S/c1-17-8-5-13-24(16-17)14-7-12-23-21(26)11-6-15-25(29(3,27)28)20-10-4-9-19(22)18(20)2/h4,9-10,17H,5-8,11-16H2,1-3H3,(H,23,26). The molecule has 0 bridgehead atoms. The van der Waals surface area contributed by atoms with E-state index in [1.807, 2.05) is 0 Å². The number of amides is 1. The van der Waals surface area contributed by atoms with Crippen molar-refractivity contribution in [2.24, 2.45) is 5.92 Å². The van der Waals surface area contributed by atoms with E-state index >= 15 is 0 Å². The first-order valence-corrected chi connectivity index (χ1v) is 12.6. The van der Waals surface area contributed by atoms with E-state index in [1.165, 1.54) is 23.4 Å². The zero-order valence-electron chi connectivity index (χ0n) is 17.8. The Bertz CT molecular complexity index is 785. The lowest BCUT2D eigenvalue weighted by molar-refractivity contribution is -0.121. The maximum absolute atomic E-state index is 12.2. The SMILES string of the molecule is Cc1c(Cl)cccc1N(CCCC(=O)NCCCN1CCCC(C)C1)S(C)(=O)=O. The summed E-state index contributed by atoms with van der Waals surface area (Å²) in [5.41, 5.74) is 1.28. The van der Waals surface area contributed by atoms with Crippen molar-refractivity contribution in [1.29, 1.82) is 0 Å². The van der Waals surface area contributed by atoms with E-state index in [0.717, 1.165) is 37.5 Å². The Hall–Kier alpha value is -1.31. The predicted molar refractivity (Wildman–Crippen MR) is 120 cm³/mol. The van der Waals surface area contributed by atoms with Crippen LogP contribution in [0.2, 0.25) is 5.02 Å². The molecule has 1 aliphatic heterocycles. The highest BCUT2D eigenvalue weighted by molar-refractivity contribution is 7.92. The molecule has 1 saturated heterocycles. The number of benzene rings is 1. The lowest BCUT2D eigenvalue weighted by atomic mass is 10.0. The van der Waals surface area contributed by atoms with Gasteiger partial charge in [-0.3, -0.25) is 9.10 Å². The topological polar surface area (TPSA) is 69.7 Å². The highest BCUT2D eigenvalue weighted by atomic mass is 35.5. The average molecular weight is 444 g/mol. The van der Waals surface area contributed by atoms with Crippen LogP contribution in [0.1, 0.15) is 44.6 Å². The van der Waals surface area contributed by atoms with Crippen LogP contribution in [0.15, 0.2) is 18.2 Å². The van der Waals surface area contributed by atoms with E-state index in [9.17, 15) is 13.2 Å². The summed E-state index contributed by atoms with van der Waals surface area (Å²) in [6, 6.07) is 5.21. The number of anilines is 1. The predicted octanol–water partition coefficient (Wildman–Crippen LogP) is 3.43. The quantitative estimate of drug-likeness (QED) is 0.562. The zero-order valence-corrected chi connectivity index (χ0v) is 19.4. The second kappa shape index (κ2) is 11.2. The molecule has 2 rings (SSSR count). The molecular weight excluding hydrogens is 410 g/mol. The number of carbonyl (C=O) groups excluding carboxylic acids is 1.